The lowest BCUT2D eigenvalue weighted by molar-refractivity contribution is -0.142. The molecule has 0 fully saturated rings. The molecule has 0 aliphatic carbocycles. The van der Waals surface area contributed by atoms with Gasteiger partial charge in [-0.3, -0.25) is 4.79 Å². The summed E-state index contributed by atoms with van der Waals surface area (Å²) < 4.78 is 4.94. The molecule has 0 saturated heterocycles. The summed E-state index contributed by atoms with van der Waals surface area (Å²) in [6.45, 7) is 4.23. The zero-order valence-corrected chi connectivity index (χ0v) is 16.8. The SMILES string of the molecule is CCOC(=O)Cc1csc(NC(=S)N[C@@H](C)c2cccc3ccccc23)n1. The number of ether oxygens (including phenoxy) is 1. The minimum Gasteiger partial charge on any atom is -0.466 e. The first-order valence-corrected chi connectivity index (χ1v) is 10.0. The van der Waals surface area contributed by atoms with Crippen LogP contribution in [0.5, 0.6) is 0 Å². The zero-order chi connectivity index (χ0) is 19.2. The lowest BCUT2D eigenvalue weighted by Crippen LogP contribution is -2.31. The first-order chi connectivity index (χ1) is 13.1. The van der Waals surface area contributed by atoms with Crippen LogP contribution in [0.1, 0.15) is 31.1 Å². The highest BCUT2D eigenvalue weighted by Crippen LogP contribution is 2.24. The number of hydrogen-bond acceptors (Lipinski definition) is 5. The Kier molecular flexibility index (Phi) is 6.36. The smallest absolute Gasteiger partial charge is 0.311 e. The Morgan fingerprint density at radius 3 is 2.85 bits per heavy atom. The first kappa shape index (κ1) is 19.3. The van der Waals surface area contributed by atoms with Crippen LogP contribution in [0.25, 0.3) is 10.8 Å². The Bertz CT molecular complexity index is 950. The molecule has 0 saturated carbocycles. The van der Waals surface area contributed by atoms with E-state index in [9.17, 15) is 4.79 Å². The minimum absolute atomic E-state index is 0.0371. The molecule has 0 amide bonds. The molecular formula is C20H21N3O2S2. The molecule has 1 atom stereocenters. The van der Waals surface area contributed by atoms with Crippen LogP contribution in [0.4, 0.5) is 5.13 Å². The van der Waals surface area contributed by atoms with E-state index >= 15 is 0 Å². The highest BCUT2D eigenvalue weighted by molar-refractivity contribution is 7.80. The van der Waals surface area contributed by atoms with E-state index in [0.29, 0.717) is 22.5 Å². The number of thiocarbonyl (C=S) groups is 1. The van der Waals surface area contributed by atoms with Gasteiger partial charge in [0.05, 0.1) is 24.8 Å². The molecule has 27 heavy (non-hydrogen) atoms. The molecule has 3 aromatic rings. The number of fused-ring (bicyclic) bond motifs is 1. The van der Waals surface area contributed by atoms with Crippen molar-refractivity contribution in [1.29, 1.82) is 0 Å². The molecule has 0 radical (unpaired) electrons. The number of aromatic nitrogens is 1. The van der Waals surface area contributed by atoms with Gasteiger partial charge in [-0.15, -0.1) is 11.3 Å². The van der Waals surface area contributed by atoms with Crippen LogP contribution in [0.15, 0.2) is 47.8 Å². The largest absolute Gasteiger partial charge is 0.466 e. The predicted molar refractivity (Wildman–Crippen MR) is 114 cm³/mol. The molecule has 0 bridgehead atoms. The highest BCUT2D eigenvalue weighted by atomic mass is 32.1. The molecule has 2 N–H and O–H groups in total. The maximum absolute atomic E-state index is 11.5. The van der Waals surface area contributed by atoms with Gasteiger partial charge in [-0.1, -0.05) is 42.5 Å². The summed E-state index contributed by atoms with van der Waals surface area (Å²) in [5, 5.41) is 11.8. The molecule has 0 spiro atoms. The number of carbonyl (C=O) groups excluding carboxylic acids is 1. The van der Waals surface area contributed by atoms with Crippen molar-refractivity contribution in [2.75, 3.05) is 11.9 Å². The Balaban J connectivity index is 1.62. The van der Waals surface area contributed by atoms with Crippen molar-refractivity contribution >= 4 is 50.5 Å². The van der Waals surface area contributed by atoms with Crippen molar-refractivity contribution in [1.82, 2.24) is 10.3 Å². The Labute approximate surface area is 167 Å². The second kappa shape index (κ2) is 8.92. The summed E-state index contributed by atoms with van der Waals surface area (Å²) in [6, 6.07) is 14.6. The molecule has 5 nitrogen and oxygen atoms in total. The van der Waals surface area contributed by atoms with Crippen LogP contribution in [0.3, 0.4) is 0 Å². The van der Waals surface area contributed by atoms with Crippen molar-refractivity contribution in [3.05, 3.63) is 59.1 Å². The van der Waals surface area contributed by atoms with E-state index < -0.39 is 0 Å². The van der Waals surface area contributed by atoms with Gasteiger partial charge in [0.25, 0.3) is 0 Å². The van der Waals surface area contributed by atoms with Gasteiger partial charge in [-0.2, -0.15) is 0 Å². The molecule has 2 aromatic carbocycles. The Morgan fingerprint density at radius 1 is 1.26 bits per heavy atom. The van der Waals surface area contributed by atoms with Crippen LogP contribution < -0.4 is 10.6 Å². The van der Waals surface area contributed by atoms with Gasteiger partial charge in [-0.25, -0.2) is 4.98 Å². The molecule has 0 unspecified atom stereocenters. The van der Waals surface area contributed by atoms with Gasteiger partial charge in [0, 0.05) is 5.38 Å². The van der Waals surface area contributed by atoms with Gasteiger partial charge in [0.15, 0.2) is 10.2 Å². The third kappa shape index (κ3) is 5.02. The number of esters is 1. The summed E-state index contributed by atoms with van der Waals surface area (Å²) in [5.41, 5.74) is 1.85. The van der Waals surface area contributed by atoms with E-state index in [-0.39, 0.29) is 18.4 Å². The van der Waals surface area contributed by atoms with Crippen LogP contribution in [-0.2, 0) is 16.0 Å². The van der Waals surface area contributed by atoms with E-state index in [1.807, 2.05) is 17.5 Å². The second-order valence-electron chi connectivity index (χ2n) is 6.01. The normalized spacial score (nSPS) is 11.8. The highest BCUT2D eigenvalue weighted by Gasteiger charge is 2.12. The van der Waals surface area contributed by atoms with E-state index in [4.69, 9.17) is 17.0 Å². The van der Waals surface area contributed by atoms with Crippen LogP contribution >= 0.6 is 23.6 Å². The van der Waals surface area contributed by atoms with Gasteiger partial charge in [0.1, 0.15) is 0 Å². The van der Waals surface area contributed by atoms with Crippen LogP contribution in [-0.4, -0.2) is 22.7 Å². The van der Waals surface area contributed by atoms with E-state index in [0.717, 1.165) is 0 Å². The van der Waals surface area contributed by atoms with Gasteiger partial charge in [-0.05, 0) is 42.4 Å². The summed E-state index contributed by atoms with van der Waals surface area (Å²) in [6.07, 6.45) is 0.165. The Hall–Kier alpha value is -2.51. The number of benzene rings is 2. The average molecular weight is 400 g/mol. The number of nitrogens with one attached hydrogen (secondary N) is 2. The summed E-state index contributed by atoms with van der Waals surface area (Å²) in [5.74, 6) is -0.278. The van der Waals surface area contributed by atoms with E-state index in [2.05, 4.69) is 52.9 Å². The van der Waals surface area contributed by atoms with Crippen LogP contribution in [0.2, 0.25) is 0 Å². The van der Waals surface area contributed by atoms with Crippen molar-refractivity contribution in [2.24, 2.45) is 0 Å². The molecule has 1 aromatic heterocycles. The molecular weight excluding hydrogens is 378 g/mol. The molecule has 7 heteroatoms. The zero-order valence-electron chi connectivity index (χ0n) is 15.2. The molecule has 3 rings (SSSR count). The fraction of sp³-hybridized carbons (Fsp3) is 0.250. The molecule has 0 aliphatic rings. The average Bonchev–Trinajstić information content (AvgIpc) is 3.07. The first-order valence-electron chi connectivity index (χ1n) is 8.72. The van der Waals surface area contributed by atoms with Gasteiger partial charge in [0.2, 0.25) is 0 Å². The van der Waals surface area contributed by atoms with Crippen molar-refractivity contribution in [2.45, 2.75) is 26.3 Å². The predicted octanol–water partition coefficient (Wildman–Crippen LogP) is 4.45. The van der Waals surface area contributed by atoms with Crippen molar-refractivity contribution in [3.8, 4) is 0 Å². The molecule has 0 aliphatic heterocycles. The standard InChI is InChI=1S/C20H21N3O2S2/c1-3-25-18(24)11-15-12-27-20(22-15)23-19(26)21-13(2)16-10-6-8-14-7-4-5-9-17(14)16/h4-10,12-13H,3,11H2,1-2H3,(H2,21,22,23,26)/t13-/m0/s1. The Morgan fingerprint density at radius 2 is 2.04 bits per heavy atom. The van der Waals surface area contributed by atoms with Gasteiger partial charge >= 0.3 is 5.97 Å². The maximum Gasteiger partial charge on any atom is 0.311 e. The maximum atomic E-state index is 11.5. The molecule has 1 heterocycles. The monoisotopic (exact) mass is 399 g/mol. The van der Waals surface area contributed by atoms with E-state index in [1.54, 1.807) is 6.92 Å². The topological polar surface area (TPSA) is 63.2 Å². The fourth-order valence-electron chi connectivity index (χ4n) is 2.84. The van der Waals surface area contributed by atoms with Crippen LogP contribution in [0, 0.1) is 0 Å². The lowest BCUT2D eigenvalue weighted by Gasteiger charge is -2.18. The quantitative estimate of drug-likeness (QED) is 0.472. The number of nitrogens with zero attached hydrogens (tertiary/aromatic N) is 1. The molecule has 140 valence electrons. The second-order valence-corrected chi connectivity index (χ2v) is 7.28. The van der Waals surface area contributed by atoms with E-state index in [1.165, 1.54) is 27.7 Å². The summed E-state index contributed by atoms with van der Waals surface area (Å²) in [7, 11) is 0. The fourth-order valence-corrected chi connectivity index (χ4v) is 3.89. The number of carbonyl (C=O) groups is 1. The third-order valence-electron chi connectivity index (χ3n) is 4.04. The summed E-state index contributed by atoms with van der Waals surface area (Å²) in [4.78, 5) is 15.9. The van der Waals surface area contributed by atoms with Crippen molar-refractivity contribution in [3.63, 3.8) is 0 Å². The number of rotatable bonds is 6. The number of hydrogen-bond donors (Lipinski definition) is 2. The number of anilines is 1. The minimum atomic E-state index is -0.278. The third-order valence-corrected chi connectivity index (χ3v) is 5.07. The van der Waals surface area contributed by atoms with Gasteiger partial charge < -0.3 is 15.4 Å². The summed E-state index contributed by atoms with van der Waals surface area (Å²) >= 11 is 6.83. The lowest BCUT2D eigenvalue weighted by atomic mass is 10.00. The van der Waals surface area contributed by atoms with Crippen molar-refractivity contribution < 1.29 is 9.53 Å². The number of thiazole rings is 1.